The molecule has 1 N–H and O–H groups in total. The molecule has 4 aliphatic rings. The molecule has 4 aliphatic carbocycles. The number of para-hydroxylation sites is 1. The van der Waals surface area contributed by atoms with Crippen LogP contribution in [0.2, 0.25) is 0 Å². The lowest BCUT2D eigenvalue weighted by Crippen LogP contribution is -2.47. The molecule has 1 aromatic carbocycles. The molecular weight excluding hydrogens is 314 g/mol. The molecule has 0 heterocycles. The van der Waals surface area contributed by atoms with Gasteiger partial charge in [-0.05, 0) is 80.2 Å². The summed E-state index contributed by atoms with van der Waals surface area (Å²) in [5.41, 5.74) is 1.05. The van der Waals surface area contributed by atoms with Crippen molar-refractivity contribution in [3.8, 4) is 11.5 Å². The molecule has 0 spiro atoms. The van der Waals surface area contributed by atoms with Crippen LogP contribution in [0, 0.1) is 23.2 Å². The normalized spacial score (nSPS) is 32.5. The van der Waals surface area contributed by atoms with E-state index < -0.39 is 0 Å². The Balaban J connectivity index is 1.38. The van der Waals surface area contributed by atoms with Crippen LogP contribution in [0.15, 0.2) is 18.2 Å². The maximum Gasteiger partial charge on any atom is 0.255 e. The molecule has 136 valence electrons. The SMILES string of the molecule is COc1cccc(C(=O)NCCC23CC4CC(CC(C4)C2)C3)c1OC. The zero-order valence-electron chi connectivity index (χ0n) is 15.3. The minimum Gasteiger partial charge on any atom is -0.493 e. The molecule has 4 fully saturated rings. The first kappa shape index (κ1) is 16.7. The van der Waals surface area contributed by atoms with Crippen molar-refractivity contribution in [1.82, 2.24) is 5.32 Å². The summed E-state index contributed by atoms with van der Waals surface area (Å²) in [5.74, 6) is 3.91. The van der Waals surface area contributed by atoms with Gasteiger partial charge >= 0.3 is 0 Å². The fraction of sp³-hybridized carbons (Fsp3) is 0.667. The van der Waals surface area contributed by atoms with Crippen LogP contribution in [0.25, 0.3) is 0 Å². The molecule has 4 heteroatoms. The van der Waals surface area contributed by atoms with E-state index in [0.29, 0.717) is 22.5 Å². The number of benzene rings is 1. The Morgan fingerprint density at radius 3 is 2.28 bits per heavy atom. The largest absolute Gasteiger partial charge is 0.493 e. The summed E-state index contributed by atoms with van der Waals surface area (Å²) < 4.78 is 10.7. The highest BCUT2D eigenvalue weighted by molar-refractivity contribution is 5.97. The fourth-order valence-corrected chi connectivity index (χ4v) is 6.20. The lowest BCUT2D eigenvalue weighted by atomic mass is 9.49. The van der Waals surface area contributed by atoms with Gasteiger partial charge in [0.25, 0.3) is 5.91 Å². The van der Waals surface area contributed by atoms with Crippen molar-refractivity contribution in [2.45, 2.75) is 44.9 Å². The van der Waals surface area contributed by atoms with Crippen LogP contribution in [0.4, 0.5) is 0 Å². The number of ether oxygens (including phenoxy) is 2. The number of methoxy groups -OCH3 is 2. The third-order valence-corrected chi connectivity index (χ3v) is 6.75. The van der Waals surface area contributed by atoms with Gasteiger partial charge in [0.15, 0.2) is 11.5 Å². The number of rotatable bonds is 6. The molecule has 4 nitrogen and oxygen atoms in total. The summed E-state index contributed by atoms with van der Waals surface area (Å²) in [6.45, 7) is 0.755. The average molecular weight is 343 g/mol. The smallest absolute Gasteiger partial charge is 0.255 e. The second-order valence-electron chi connectivity index (χ2n) is 8.46. The predicted octanol–water partition coefficient (Wildman–Crippen LogP) is 4.04. The molecule has 4 saturated carbocycles. The molecule has 4 bridgehead atoms. The van der Waals surface area contributed by atoms with Crippen LogP contribution in [0.5, 0.6) is 11.5 Å². The minimum absolute atomic E-state index is 0.0690. The summed E-state index contributed by atoms with van der Waals surface area (Å²) in [6, 6.07) is 5.43. The van der Waals surface area contributed by atoms with Gasteiger partial charge in [-0.1, -0.05) is 6.07 Å². The molecule has 1 amide bonds. The molecule has 0 radical (unpaired) electrons. The Kier molecular flexibility index (Phi) is 4.38. The molecule has 0 saturated heterocycles. The number of nitrogens with one attached hydrogen (secondary N) is 1. The van der Waals surface area contributed by atoms with Crippen LogP contribution in [-0.4, -0.2) is 26.7 Å². The molecule has 0 aromatic heterocycles. The Morgan fingerprint density at radius 1 is 1.08 bits per heavy atom. The number of carbonyl (C=O) groups is 1. The molecular formula is C21H29NO3. The second-order valence-corrected chi connectivity index (χ2v) is 8.46. The zero-order valence-corrected chi connectivity index (χ0v) is 15.3. The fourth-order valence-electron chi connectivity index (χ4n) is 6.20. The van der Waals surface area contributed by atoms with Gasteiger partial charge in [0.1, 0.15) is 0 Å². The Morgan fingerprint density at radius 2 is 1.72 bits per heavy atom. The van der Waals surface area contributed by atoms with Crippen molar-refractivity contribution in [2.75, 3.05) is 20.8 Å². The van der Waals surface area contributed by atoms with Gasteiger partial charge in [-0.2, -0.15) is 0 Å². The van der Waals surface area contributed by atoms with Gasteiger partial charge in [-0.3, -0.25) is 4.79 Å². The highest BCUT2D eigenvalue weighted by atomic mass is 16.5. The van der Waals surface area contributed by atoms with E-state index in [0.717, 1.165) is 30.7 Å². The van der Waals surface area contributed by atoms with E-state index in [2.05, 4.69) is 5.32 Å². The second kappa shape index (κ2) is 6.54. The average Bonchev–Trinajstić information content (AvgIpc) is 2.59. The van der Waals surface area contributed by atoms with Crippen molar-refractivity contribution in [3.63, 3.8) is 0 Å². The number of amides is 1. The first-order valence-corrected chi connectivity index (χ1v) is 9.61. The highest BCUT2D eigenvalue weighted by Gasteiger charge is 2.50. The van der Waals surface area contributed by atoms with Crippen LogP contribution in [0.3, 0.4) is 0 Å². The van der Waals surface area contributed by atoms with Crippen molar-refractivity contribution in [2.24, 2.45) is 23.2 Å². The van der Waals surface area contributed by atoms with Crippen LogP contribution in [0.1, 0.15) is 55.3 Å². The molecule has 0 atom stereocenters. The summed E-state index contributed by atoms with van der Waals surface area (Å²) in [6.07, 6.45) is 9.67. The maximum absolute atomic E-state index is 12.6. The van der Waals surface area contributed by atoms with E-state index in [4.69, 9.17) is 9.47 Å². The lowest BCUT2D eigenvalue weighted by molar-refractivity contribution is -0.0564. The summed E-state index contributed by atoms with van der Waals surface area (Å²) in [5, 5.41) is 3.13. The first-order valence-electron chi connectivity index (χ1n) is 9.61. The van der Waals surface area contributed by atoms with Gasteiger partial charge in [-0.25, -0.2) is 0 Å². The van der Waals surface area contributed by atoms with E-state index >= 15 is 0 Å². The summed E-state index contributed by atoms with van der Waals surface area (Å²) >= 11 is 0. The quantitative estimate of drug-likeness (QED) is 0.848. The van der Waals surface area contributed by atoms with E-state index in [1.807, 2.05) is 12.1 Å². The van der Waals surface area contributed by atoms with Crippen LogP contribution < -0.4 is 14.8 Å². The van der Waals surface area contributed by atoms with E-state index in [9.17, 15) is 4.79 Å². The number of hydrogen-bond acceptors (Lipinski definition) is 3. The van der Waals surface area contributed by atoms with Gasteiger partial charge < -0.3 is 14.8 Å². The van der Waals surface area contributed by atoms with Crippen LogP contribution >= 0.6 is 0 Å². The van der Waals surface area contributed by atoms with Crippen molar-refractivity contribution >= 4 is 5.91 Å². The van der Waals surface area contributed by atoms with Gasteiger partial charge in [0.05, 0.1) is 19.8 Å². The monoisotopic (exact) mass is 343 g/mol. The standard InChI is InChI=1S/C21H29NO3/c1-24-18-5-3-4-17(19(18)25-2)20(23)22-7-6-21-11-14-8-15(12-21)10-16(9-14)13-21/h3-5,14-16H,6-13H2,1-2H3,(H,22,23). The van der Waals surface area contributed by atoms with E-state index in [1.54, 1.807) is 20.3 Å². The van der Waals surface area contributed by atoms with E-state index in [1.165, 1.54) is 38.5 Å². The van der Waals surface area contributed by atoms with Crippen molar-refractivity contribution in [3.05, 3.63) is 23.8 Å². The van der Waals surface area contributed by atoms with Crippen LogP contribution in [-0.2, 0) is 0 Å². The van der Waals surface area contributed by atoms with Crippen molar-refractivity contribution in [1.29, 1.82) is 0 Å². The number of hydrogen-bond donors (Lipinski definition) is 1. The molecule has 0 unspecified atom stereocenters. The molecule has 25 heavy (non-hydrogen) atoms. The molecule has 5 rings (SSSR count). The minimum atomic E-state index is -0.0690. The zero-order chi connectivity index (χ0) is 17.4. The Bertz CT molecular complexity index is 619. The lowest BCUT2D eigenvalue weighted by Gasteiger charge is -2.57. The van der Waals surface area contributed by atoms with E-state index in [-0.39, 0.29) is 5.91 Å². The first-order chi connectivity index (χ1) is 12.1. The van der Waals surface area contributed by atoms with Gasteiger partial charge in [0.2, 0.25) is 0 Å². The van der Waals surface area contributed by atoms with Gasteiger partial charge in [-0.15, -0.1) is 0 Å². The third kappa shape index (κ3) is 3.11. The summed E-state index contributed by atoms with van der Waals surface area (Å²) in [7, 11) is 3.16. The Labute approximate surface area is 150 Å². The molecule has 1 aromatic rings. The molecule has 0 aliphatic heterocycles. The summed E-state index contributed by atoms with van der Waals surface area (Å²) in [4.78, 5) is 12.6. The maximum atomic E-state index is 12.6. The predicted molar refractivity (Wildman–Crippen MR) is 97.1 cm³/mol. The third-order valence-electron chi connectivity index (χ3n) is 6.75. The Hall–Kier alpha value is -1.71. The number of carbonyl (C=O) groups excluding carboxylic acids is 1. The highest BCUT2D eigenvalue weighted by Crippen LogP contribution is 2.61. The van der Waals surface area contributed by atoms with Gasteiger partial charge in [0, 0.05) is 6.54 Å². The van der Waals surface area contributed by atoms with Crippen molar-refractivity contribution < 1.29 is 14.3 Å². The topological polar surface area (TPSA) is 47.6 Å².